The van der Waals surface area contributed by atoms with E-state index in [1.54, 1.807) is 0 Å². The van der Waals surface area contributed by atoms with Gasteiger partial charge < -0.3 is 0 Å². The SMILES string of the molecule is c1ccc(-c2cccc(-c3ccc4cc(-c5c6ccccc6c(-c6ccccc6)c6ccccc56)ccc4c3)c2)cc1. The Hall–Kier alpha value is -5.46. The summed E-state index contributed by atoms with van der Waals surface area (Å²) in [7, 11) is 0. The van der Waals surface area contributed by atoms with E-state index in [1.807, 2.05) is 0 Å². The Bertz CT molecular complexity index is 2170. The standard InChI is InChI=1S/C42H28/c1-3-12-29(13-4-1)31-16-11-17-32(26-31)33-22-23-35-28-36(25-24-34(35)27-33)42-39-20-9-7-18-37(39)41(30-14-5-2-6-15-30)38-19-8-10-21-40(38)42/h1-28H. The average Bonchev–Trinajstić information content (AvgIpc) is 3.07. The van der Waals surface area contributed by atoms with Crippen LogP contribution in [0, 0.1) is 0 Å². The molecule has 8 aromatic carbocycles. The molecule has 0 nitrogen and oxygen atoms in total. The second kappa shape index (κ2) is 10.2. The van der Waals surface area contributed by atoms with Gasteiger partial charge in [0.25, 0.3) is 0 Å². The molecular weight excluding hydrogens is 504 g/mol. The van der Waals surface area contributed by atoms with Crippen LogP contribution in [-0.2, 0) is 0 Å². The van der Waals surface area contributed by atoms with Crippen molar-refractivity contribution in [3.05, 3.63) is 170 Å². The van der Waals surface area contributed by atoms with E-state index in [4.69, 9.17) is 0 Å². The van der Waals surface area contributed by atoms with Crippen LogP contribution in [0.25, 0.3) is 76.8 Å². The highest BCUT2D eigenvalue weighted by atomic mass is 14.2. The molecule has 0 amide bonds. The van der Waals surface area contributed by atoms with Gasteiger partial charge in [-0.2, -0.15) is 0 Å². The maximum Gasteiger partial charge on any atom is -0.00262 e. The van der Waals surface area contributed by atoms with Gasteiger partial charge in [0.1, 0.15) is 0 Å². The number of hydrogen-bond donors (Lipinski definition) is 0. The zero-order valence-corrected chi connectivity index (χ0v) is 23.2. The normalized spacial score (nSPS) is 11.3. The average molecular weight is 533 g/mol. The van der Waals surface area contributed by atoms with E-state index >= 15 is 0 Å². The van der Waals surface area contributed by atoms with Gasteiger partial charge in [-0.05, 0) is 95.0 Å². The van der Waals surface area contributed by atoms with E-state index in [0.29, 0.717) is 0 Å². The molecule has 0 fully saturated rings. The predicted octanol–water partition coefficient (Wildman–Crippen LogP) is 11.8. The molecule has 42 heavy (non-hydrogen) atoms. The molecule has 0 unspecified atom stereocenters. The molecule has 0 bridgehead atoms. The fourth-order valence-electron chi connectivity index (χ4n) is 6.44. The highest BCUT2D eigenvalue weighted by molar-refractivity contribution is 6.21. The minimum absolute atomic E-state index is 1.23. The van der Waals surface area contributed by atoms with Crippen LogP contribution in [0.5, 0.6) is 0 Å². The van der Waals surface area contributed by atoms with E-state index in [9.17, 15) is 0 Å². The Morgan fingerprint density at radius 2 is 0.595 bits per heavy atom. The van der Waals surface area contributed by atoms with E-state index in [2.05, 4.69) is 170 Å². The molecule has 0 spiro atoms. The summed E-state index contributed by atoms with van der Waals surface area (Å²) in [6.45, 7) is 0. The molecular formula is C42H28. The Morgan fingerprint density at radius 1 is 0.214 bits per heavy atom. The van der Waals surface area contributed by atoms with Gasteiger partial charge in [0.05, 0.1) is 0 Å². The summed E-state index contributed by atoms with van der Waals surface area (Å²) < 4.78 is 0. The van der Waals surface area contributed by atoms with Crippen molar-refractivity contribution in [3.63, 3.8) is 0 Å². The molecule has 0 aromatic heterocycles. The second-order valence-electron chi connectivity index (χ2n) is 10.9. The third kappa shape index (κ3) is 4.17. The third-order valence-corrected chi connectivity index (χ3v) is 8.43. The van der Waals surface area contributed by atoms with Gasteiger partial charge in [-0.3, -0.25) is 0 Å². The van der Waals surface area contributed by atoms with E-state index < -0.39 is 0 Å². The molecule has 0 aliphatic rings. The number of fused-ring (bicyclic) bond motifs is 3. The van der Waals surface area contributed by atoms with Crippen molar-refractivity contribution in [1.82, 2.24) is 0 Å². The first-order valence-electron chi connectivity index (χ1n) is 14.5. The molecule has 196 valence electrons. The predicted molar refractivity (Wildman–Crippen MR) is 181 cm³/mol. The summed E-state index contributed by atoms with van der Waals surface area (Å²) in [5.74, 6) is 0. The van der Waals surface area contributed by atoms with Crippen molar-refractivity contribution in [2.45, 2.75) is 0 Å². The van der Waals surface area contributed by atoms with Crippen LogP contribution < -0.4 is 0 Å². The van der Waals surface area contributed by atoms with Crippen molar-refractivity contribution >= 4 is 32.3 Å². The van der Waals surface area contributed by atoms with Crippen molar-refractivity contribution in [2.75, 3.05) is 0 Å². The van der Waals surface area contributed by atoms with Gasteiger partial charge >= 0.3 is 0 Å². The molecule has 0 radical (unpaired) electrons. The second-order valence-corrected chi connectivity index (χ2v) is 10.9. The summed E-state index contributed by atoms with van der Waals surface area (Å²) in [5, 5.41) is 7.62. The first-order chi connectivity index (χ1) is 20.8. The van der Waals surface area contributed by atoms with Gasteiger partial charge in [0, 0.05) is 0 Å². The van der Waals surface area contributed by atoms with Gasteiger partial charge in [0.15, 0.2) is 0 Å². The monoisotopic (exact) mass is 532 g/mol. The quantitative estimate of drug-likeness (QED) is 0.198. The van der Waals surface area contributed by atoms with Crippen LogP contribution in [0.1, 0.15) is 0 Å². The van der Waals surface area contributed by atoms with Crippen molar-refractivity contribution in [1.29, 1.82) is 0 Å². The number of benzene rings is 8. The van der Waals surface area contributed by atoms with Crippen molar-refractivity contribution < 1.29 is 0 Å². The van der Waals surface area contributed by atoms with Gasteiger partial charge in [0.2, 0.25) is 0 Å². The van der Waals surface area contributed by atoms with Gasteiger partial charge in [-0.1, -0.05) is 152 Å². The largest absolute Gasteiger partial charge is 0.0622 e. The minimum atomic E-state index is 1.23. The van der Waals surface area contributed by atoms with Crippen LogP contribution >= 0.6 is 0 Å². The van der Waals surface area contributed by atoms with Crippen LogP contribution in [0.3, 0.4) is 0 Å². The van der Waals surface area contributed by atoms with Crippen LogP contribution in [0.4, 0.5) is 0 Å². The van der Waals surface area contributed by atoms with E-state index in [0.717, 1.165) is 0 Å². The summed E-state index contributed by atoms with van der Waals surface area (Å²) >= 11 is 0. The highest BCUT2D eigenvalue weighted by Gasteiger charge is 2.16. The molecule has 0 heteroatoms. The van der Waals surface area contributed by atoms with Crippen molar-refractivity contribution in [2.24, 2.45) is 0 Å². The fraction of sp³-hybridized carbons (Fsp3) is 0. The third-order valence-electron chi connectivity index (χ3n) is 8.43. The maximum atomic E-state index is 2.36. The van der Waals surface area contributed by atoms with Crippen LogP contribution in [0.15, 0.2) is 170 Å². The lowest BCUT2D eigenvalue weighted by atomic mass is 9.85. The Kier molecular flexibility index (Phi) is 5.90. The maximum absolute atomic E-state index is 2.36. The number of hydrogen-bond acceptors (Lipinski definition) is 0. The zero-order chi connectivity index (χ0) is 27.9. The smallest absolute Gasteiger partial charge is 0.00262 e. The lowest BCUT2D eigenvalue weighted by Gasteiger charge is -2.18. The molecule has 8 aromatic rings. The van der Waals surface area contributed by atoms with Gasteiger partial charge in [-0.15, -0.1) is 0 Å². The molecule has 0 aliphatic heterocycles. The van der Waals surface area contributed by atoms with E-state index in [-0.39, 0.29) is 0 Å². The van der Waals surface area contributed by atoms with Crippen LogP contribution in [0.2, 0.25) is 0 Å². The molecule has 0 saturated carbocycles. The molecule has 0 heterocycles. The lowest BCUT2D eigenvalue weighted by Crippen LogP contribution is -1.90. The first-order valence-corrected chi connectivity index (χ1v) is 14.5. The molecule has 0 atom stereocenters. The zero-order valence-electron chi connectivity index (χ0n) is 23.2. The molecule has 8 rings (SSSR count). The molecule has 0 N–H and O–H groups in total. The summed E-state index contributed by atoms with van der Waals surface area (Å²) in [6.07, 6.45) is 0. The lowest BCUT2D eigenvalue weighted by molar-refractivity contribution is 1.60. The summed E-state index contributed by atoms with van der Waals surface area (Å²) in [4.78, 5) is 0. The minimum Gasteiger partial charge on any atom is -0.0622 e. The van der Waals surface area contributed by atoms with Gasteiger partial charge in [-0.25, -0.2) is 0 Å². The van der Waals surface area contributed by atoms with E-state index in [1.165, 1.54) is 76.8 Å². The van der Waals surface area contributed by atoms with Crippen LogP contribution in [-0.4, -0.2) is 0 Å². The first kappa shape index (κ1) is 24.3. The Morgan fingerprint density at radius 3 is 1.17 bits per heavy atom. The number of rotatable bonds is 4. The highest BCUT2D eigenvalue weighted by Crippen LogP contribution is 2.44. The molecule has 0 aliphatic carbocycles. The van der Waals surface area contributed by atoms with Crippen molar-refractivity contribution in [3.8, 4) is 44.5 Å². The fourth-order valence-corrected chi connectivity index (χ4v) is 6.44. The Balaban J connectivity index is 1.28. The molecule has 0 saturated heterocycles. The summed E-state index contributed by atoms with van der Waals surface area (Å²) in [6, 6.07) is 61.7. The summed E-state index contributed by atoms with van der Waals surface area (Å²) in [5.41, 5.74) is 10.0. The Labute approximate surface area is 246 Å². The topological polar surface area (TPSA) is 0 Å².